The standard InChI is InChI=1S/C26H25N5O3S/c1-3-34-21-15-13-20(14-16-21)31-25(19-9-5-4-6-10-19)29-30-26(31)35-17-24(33)28-27-18(2)22-11-7-8-12-23(22)32/h4-16,32H,3,17H2,1-2H3,(H,28,33)/b27-18+. The van der Waals surface area contributed by atoms with E-state index in [0.717, 1.165) is 17.0 Å². The largest absolute Gasteiger partial charge is 0.507 e. The van der Waals surface area contributed by atoms with E-state index < -0.39 is 0 Å². The third-order valence-electron chi connectivity index (χ3n) is 5.05. The normalized spacial score (nSPS) is 11.3. The molecule has 0 fully saturated rings. The van der Waals surface area contributed by atoms with Crippen LogP contribution in [0.4, 0.5) is 0 Å². The number of thioether (sulfide) groups is 1. The Balaban J connectivity index is 1.53. The minimum Gasteiger partial charge on any atom is -0.507 e. The van der Waals surface area contributed by atoms with E-state index in [9.17, 15) is 9.90 Å². The van der Waals surface area contributed by atoms with Crippen LogP contribution in [0, 0.1) is 0 Å². The molecule has 4 rings (SSSR count). The van der Waals surface area contributed by atoms with Gasteiger partial charge in [0.05, 0.1) is 18.1 Å². The number of hydrogen-bond donors (Lipinski definition) is 2. The number of phenols is 1. The molecule has 0 radical (unpaired) electrons. The number of carbonyl (C=O) groups is 1. The van der Waals surface area contributed by atoms with Crippen LogP contribution >= 0.6 is 11.8 Å². The predicted molar refractivity (Wildman–Crippen MR) is 137 cm³/mol. The first-order valence-electron chi connectivity index (χ1n) is 11.0. The van der Waals surface area contributed by atoms with Crippen molar-refractivity contribution in [3.05, 3.63) is 84.4 Å². The van der Waals surface area contributed by atoms with E-state index in [1.165, 1.54) is 11.8 Å². The number of phenolic OH excluding ortho intramolecular Hbond substituents is 1. The van der Waals surface area contributed by atoms with Crippen LogP contribution in [-0.4, -0.2) is 43.8 Å². The van der Waals surface area contributed by atoms with E-state index >= 15 is 0 Å². The molecule has 8 nitrogen and oxygen atoms in total. The van der Waals surface area contributed by atoms with E-state index in [0.29, 0.717) is 28.9 Å². The van der Waals surface area contributed by atoms with Gasteiger partial charge in [-0.05, 0) is 50.2 Å². The van der Waals surface area contributed by atoms with Crippen LogP contribution in [0.5, 0.6) is 11.5 Å². The summed E-state index contributed by atoms with van der Waals surface area (Å²) >= 11 is 1.26. The minimum absolute atomic E-state index is 0.0848. The summed E-state index contributed by atoms with van der Waals surface area (Å²) in [5.41, 5.74) is 5.37. The highest BCUT2D eigenvalue weighted by atomic mass is 32.2. The van der Waals surface area contributed by atoms with Crippen molar-refractivity contribution in [2.75, 3.05) is 12.4 Å². The predicted octanol–water partition coefficient (Wildman–Crippen LogP) is 4.67. The highest BCUT2D eigenvalue weighted by Crippen LogP contribution is 2.29. The minimum atomic E-state index is -0.299. The van der Waals surface area contributed by atoms with Crippen LogP contribution in [0.3, 0.4) is 0 Å². The van der Waals surface area contributed by atoms with Gasteiger partial charge in [0, 0.05) is 16.8 Å². The molecular formula is C26H25N5O3S. The number of carbonyl (C=O) groups excluding carboxylic acids is 1. The first kappa shape index (κ1) is 24.0. The van der Waals surface area contributed by atoms with Gasteiger partial charge in [-0.1, -0.05) is 54.2 Å². The monoisotopic (exact) mass is 487 g/mol. The van der Waals surface area contributed by atoms with E-state index in [4.69, 9.17) is 4.74 Å². The fraction of sp³-hybridized carbons (Fsp3) is 0.154. The molecule has 0 bridgehead atoms. The topological polar surface area (TPSA) is 102 Å². The summed E-state index contributed by atoms with van der Waals surface area (Å²) in [5.74, 6) is 1.34. The van der Waals surface area contributed by atoms with E-state index in [-0.39, 0.29) is 17.4 Å². The van der Waals surface area contributed by atoms with Gasteiger partial charge in [-0.3, -0.25) is 9.36 Å². The summed E-state index contributed by atoms with van der Waals surface area (Å²) < 4.78 is 7.48. The molecule has 1 aromatic heterocycles. The summed E-state index contributed by atoms with van der Waals surface area (Å²) in [6, 6.07) is 24.2. The number of nitrogens with one attached hydrogen (secondary N) is 1. The average molecular weight is 488 g/mol. The highest BCUT2D eigenvalue weighted by molar-refractivity contribution is 7.99. The van der Waals surface area contributed by atoms with Gasteiger partial charge in [0.25, 0.3) is 5.91 Å². The number of hydrazone groups is 1. The molecule has 0 saturated carbocycles. The maximum atomic E-state index is 12.5. The van der Waals surface area contributed by atoms with Crippen molar-refractivity contribution in [1.29, 1.82) is 0 Å². The quantitative estimate of drug-likeness (QED) is 0.202. The van der Waals surface area contributed by atoms with Gasteiger partial charge in [0.1, 0.15) is 11.5 Å². The summed E-state index contributed by atoms with van der Waals surface area (Å²) in [5, 5.41) is 23.4. The SMILES string of the molecule is CCOc1ccc(-n2c(SCC(=O)N/N=C(\C)c3ccccc3O)nnc2-c2ccccc2)cc1. The Bertz CT molecular complexity index is 1320. The highest BCUT2D eigenvalue weighted by Gasteiger charge is 2.17. The number of para-hydroxylation sites is 1. The molecule has 0 aliphatic heterocycles. The number of ether oxygens (including phenoxy) is 1. The number of aromatic nitrogens is 3. The van der Waals surface area contributed by atoms with Gasteiger partial charge < -0.3 is 9.84 Å². The lowest BCUT2D eigenvalue weighted by atomic mass is 10.1. The van der Waals surface area contributed by atoms with Crippen molar-refractivity contribution in [2.24, 2.45) is 5.10 Å². The number of amides is 1. The fourth-order valence-corrected chi connectivity index (χ4v) is 4.12. The van der Waals surface area contributed by atoms with E-state index in [1.54, 1.807) is 31.2 Å². The zero-order valence-electron chi connectivity index (χ0n) is 19.4. The first-order valence-corrected chi connectivity index (χ1v) is 12.0. The molecule has 4 aromatic rings. The molecule has 3 aromatic carbocycles. The first-order chi connectivity index (χ1) is 17.1. The summed E-state index contributed by atoms with van der Waals surface area (Å²) in [4.78, 5) is 12.5. The van der Waals surface area contributed by atoms with Crippen LogP contribution in [0.1, 0.15) is 19.4 Å². The van der Waals surface area contributed by atoms with Crippen molar-refractivity contribution in [2.45, 2.75) is 19.0 Å². The Labute approximate surface area is 207 Å². The molecule has 0 unspecified atom stereocenters. The number of benzene rings is 3. The summed E-state index contributed by atoms with van der Waals surface area (Å²) in [6.07, 6.45) is 0. The molecule has 178 valence electrons. The second kappa shape index (κ2) is 11.3. The number of aromatic hydroxyl groups is 1. The summed E-state index contributed by atoms with van der Waals surface area (Å²) in [6.45, 7) is 4.25. The van der Waals surface area contributed by atoms with Gasteiger partial charge in [-0.15, -0.1) is 10.2 Å². The molecule has 35 heavy (non-hydrogen) atoms. The lowest BCUT2D eigenvalue weighted by Crippen LogP contribution is -2.21. The molecule has 0 atom stereocenters. The third kappa shape index (κ3) is 5.88. The molecule has 1 heterocycles. The van der Waals surface area contributed by atoms with Crippen LogP contribution in [0.25, 0.3) is 17.1 Å². The van der Waals surface area contributed by atoms with Gasteiger partial charge in [-0.2, -0.15) is 5.10 Å². The molecule has 0 aliphatic carbocycles. The fourth-order valence-electron chi connectivity index (χ4n) is 3.38. The van der Waals surface area contributed by atoms with E-state index in [1.807, 2.05) is 66.1 Å². The van der Waals surface area contributed by atoms with Crippen LogP contribution < -0.4 is 10.2 Å². The Hall–Kier alpha value is -4.11. The van der Waals surface area contributed by atoms with Crippen LogP contribution in [-0.2, 0) is 4.79 Å². The average Bonchev–Trinajstić information content (AvgIpc) is 3.31. The smallest absolute Gasteiger partial charge is 0.250 e. The molecule has 0 saturated heterocycles. The van der Waals surface area contributed by atoms with Crippen LogP contribution in [0.2, 0.25) is 0 Å². The van der Waals surface area contributed by atoms with Crippen molar-refractivity contribution in [1.82, 2.24) is 20.2 Å². The molecule has 1 amide bonds. The zero-order chi connectivity index (χ0) is 24.6. The lowest BCUT2D eigenvalue weighted by Gasteiger charge is -2.11. The van der Waals surface area contributed by atoms with Crippen LogP contribution in [0.15, 0.2) is 89.1 Å². The second-order valence-electron chi connectivity index (χ2n) is 7.47. The third-order valence-corrected chi connectivity index (χ3v) is 5.97. The Morgan fingerprint density at radius 2 is 1.74 bits per heavy atom. The zero-order valence-corrected chi connectivity index (χ0v) is 20.2. The Morgan fingerprint density at radius 1 is 1.03 bits per heavy atom. The Morgan fingerprint density at radius 3 is 2.46 bits per heavy atom. The number of nitrogens with zero attached hydrogens (tertiary/aromatic N) is 4. The van der Waals surface area contributed by atoms with Crippen molar-refractivity contribution in [3.8, 4) is 28.6 Å². The van der Waals surface area contributed by atoms with Gasteiger partial charge >= 0.3 is 0 Å². The Kier molecular flexibility index (Phi) is 7.79. The molecule has 9 heteroatoms. The maximum Gasteiger partial charge on any atom is 0.250 e. The molecule has 2 N–H and O–H groups in total. The summed E-state index contributed by atoms with van der Waals surface area (Å²) in [7, 11) is 0. The molecule has 0 aliphatic rings. The van der Waals surface area contributed by atoms with Gasteiger partial charge in [-0.25, -0.2) is 5.43 Å². The van der Waals surface area contributed by atoms with Crippen molar-refractivity contribution in [3.63, 3.8) is 0 Å². The molecular weight excluding hydrogens is 462 g/mol. The van der Waals surface area contributed by atoms with E-state index in [2.05, 4.69) is 20.7 Å². The van der Waals surface area contributed by atoms with Gasteiger partial charge in [0.15, 0.2) is 11.0 Å². The number of rotatable bonds is 9. The molecule has 0 spiro atoms. The lowest BCUT2D eigenvalue weighted by molar-refractivity contribution is -0.118. The van der Waals surface area contributed by atoms with Gasteiger partial charge in [0.2, 0.25) is 0 Å². The second-order valence-corrected chi connectivity index (χ2v) is 8.42. The number of hydrogen-bond acceptors (Lipinski definition) is 7. The van der Waals surface area contributed by atoms with Crippen molar-refractivity contribution >= 4 is 23.4 Å². The van der Waals surface area contributed by atoms with Crippen molar-refractivity contribution < 1.29 is 14.6 Å². The maximum absolute atomic E-state index is 12.5.